The molecule has 2 aromatic heterocycles. The molecule has 0 bridgehead atoms. The summed E-state index contributed by atoms with van der Waals surface area (Å²) < 4.78 is 1.75. The molecule has 0 saturated heterocycles. The lowest BCUT2D eigenvalue weighted by Crippen LogP contribution is -2.00. The Morgan fingerprint density at radius 1 is 1.12 bits per heavy atom. The predicted molar refractivity (Wildman–Crippen MR) is 100 cm³/mol. The van der Waals surface area contributed by atoms with Crippen molar-refractivity contribution in [3.8, 4) is 0 Å². The van der Waals surface area contributed by atoms with Gasteiger partial charge < -0.3 is 0 Å². The Bertz CT molecular complexity index is 1160. The SMILES string of the molecule is Cc1nc2c3ccccc3nc(SCc3cccc([N+](=O)[O-])c3C)n2n1. The molecule has 0 fully saturated rings. The number of nitrogens with zero attached hydrogens (tertiary/aromatic N) is 5. The summed E-state index contributed by atoms with van der Waals surface area (Å²) in [5, 5.41) is 17.3. The largest absolute Gasteiger partial charge is 0.272 e. The van der Waals surface area contributed by atoms with Gasteiger partial charge in [0.05, 0.1) is 10.4 Å². The van der Waals surface area contributed by atoms with Gasteiger partial charge in [0.1, 0.15) is 5.82 Å². The van der Waals surface area contributed by atoms with Crippen molar-refractivity contribution < 1.29 is 4.92 Å². The fraction of sp³-hybridized carbons (Fsp3) is 0.167. The van der Waals surface area contributed by atoms with Crippen molar-refractivity contribution in [2.45, 2.75) is 24.8 Å². The molecule has 0 saturated carbocycles. The van der Waals surface area contributed by atoms with E-state index >= 15 is 0 Å². The Kier molecular flexibility index (Phi) is 4.04. The fourth-order valence-corrected chi connectivity index (χ4v) is 3.90. The molecule has 4 aromatic rings. The van der Waals surface area contributed by atoms with Crippen molar-refractivity contribution in [2.24, 2.45) is 0 Å². The zero-order chi connectivity index (χ0) is 18.3. The number of aromatic nitrogens is 4. The quantitative estimate of drug-likeness (QED) is 0.234. The Labute approximate surface area is 153 Å². The van der Waals surface area contributed by atoms with Crippen molar-refractivity contribution in [3.05, 3.63) is 69.5 Å². The third-order valence-electron chi connectivity index (χ3n) is 4.23. The fourth-order valence-electron chi connectivity index (χ4n) is 2.89. The number of nitro benzene ring substituents is 1. The average Bonchev–Trinajstić information content (AvgIpc) is 3.02. The maximum Gasteiger partial charge on any atom is 0.272 e. The Morgan fingerprint density at radius 3 is 2.73 bits per heavy atom. The standard InChI is InChI=1S/C18H15N5O2S/c1-11-13(6-5-9-16(11)23(24)25)10-26-18-20-15-8-4-3-7-14(15)17-19-12(2)21-22(17)18/h3-9H,10H2,1-2H3. The van der Waals surface area contributed by atoms with Crippen molar-refractivity contribution in [1.29, 1.82) is 0 Å². The number of hydrogen-bond acceptors (Lipinski definition) is 6. The second-order valence-electron chi connectivity index (χ2n) is 5.91. The van der Waals surface area contributed by atoms with Crippen LogP contribution < -0.4 is 0 Å². The van der Waals surface area contributed by atoms with Crippen LogP contribution >= 0.6 is 11.8 Å². The number of rotatable bonds is 4. The van der Waals surface area contributed by atoms with E-state index in [1.165, 1.54) is 17.8 Å². The maximum absolute atomic E-state index is 11.1. The molecule has 0 atom stereocenters. The molecular formula is C18H15N5O2S. The van der Waals surface area contributed by atoms with E-state index in [4.69, 9.17) is 4.98 Å². The number of hydrogen-bond donors (Lipinski definition) is 0. The summed E-state index contributed by atoms with van der Waals surface area (Å²) in [6.45, 7) is 3.62. The first kappa shape index (κ1) is 16.5. The minimum absolute atomic E-state index is 0.135. The first-order valence-electron chi connectivity index (χ1n) is 8.02. The average molecular weight is 365 g/mol. The van der Waals surface area contributed by atoms with Gasteiger partial charge in [-0.2, -0.15) is 4.52 Å². The highest BCUT2D eigenvalue weighted by Crippen LogP contribution is 2.29. The minimum Gasteiger partial charge on any atom is -0.258 e. The lowest BCUT2D eigenvalue weighted by Gasteiger charge is -2.08. The van der Waals surface area contributed by atoms with Crippen LogP contribution in [0, 0.1) is 24.0 Å². The highest BCUT2D eigenvalue weighted by molar-refractivity contribution is 7.98. The van der Waals surface area contributed by atoms with Gasteiger partial charge in [-0.15, -0.1) is 5.10 Å². The molecule has 0 N–H and O–H groups in total. The van der Waals surface area contributed by atoms with E-state index in [-0.39, 0.29) is 10.6 Å². The Hall–Kier alpha value is -3.00. The molecule has 0 unspecified atom stereocenters. The van der Waals surface area contributed by atoms with Crippen LogP contribution in [-0.2, 0) is 5.75 Å². The molecule has 0 spiro atoms. The van der Waals surface area contributed by atoms with Crippen LogP contribution in [0.15, 0.2) is 47.6 Å². The lowest BCUT2D eigenvalue weighted by molar-refractivity contribution is -0.385. The molecule has 4 rings (SSSR count). The number of para-hydroxylation sites is 1. The molecule has 0 radical (unpaired) electrons. The van der Waals surface area contributed by atoms with Gasteiger partial charge in [-0.1, -0.05) is 36.0 Å². The first-order valence-corrected chi connectivity index (χ1v) is 9.01. The minimum atomic E-state index is -0.350. The zero-order valence-electron chi connectivity index (χ0n) is 14.2. The third kappa shape index (κ3) is 2.78. The number of fused-ring (bicyclic) bond motifs is 3. The van der Waals surface area contributed by atoms with Crippen LogP contribution in [0.2, 0.25) is 0 Å². The van der Waals surface area contributed by atoms with Crippen LogP contribution in [0.3, 0.4) is 0 Å². The van der Waals surface area contributed by atoms with Gasteiger partial charge in [0.25, 0.3) is 5.69 Å². The van der Waals surface area contributed by atoms with E-state index in [1.54, 1.807) is 17.5 Å². The van der Waals surface area contributed by atoms with Gasteiger partial charge in [-0.3, -0.25) is 10.1 Å². The summed E-state index contributed by atoms with van der Waals surface area (Å²) in [5.74, 6) is 1.24. The second-order valence-corrected chi connectivity index (χ2v) is 6.86. The van der Waals surface area contributed by atoms with E-state index in [0.717, 1.165) is 22.1 Å². The molecule has 0 aliphatic heterocycles. The summed E-state index contributed by atoms with van der Waals surface area (Å²) in [6, 6.07) is 13.0. The molecule has 0 amide bonds. The van der Waals surface area contributed by atoms with Crippen molar-refractivity contribution in [3.63, 3.8) is 0 Å². The van der Waals surface area contributed by atoms with Gasteiger partial charge >= 0.3 is 0 Å². The summed E-state index contributed by atoms with van der Waals surface area (Å²) in [6.07, 6.45) is 0. The molecule has 0 aliphatic rings. The monoisotopic (exact) mass is 365 g/mol. The van der Waals surface area contributed by atoms with Gasteiger partial charge in [-0.05, 0) is 31.5 Å². The van der Waals surface area contributed by atoms with Crippen LogP contribution in [-0.4, -0.2) is 24.5 Å². The topological polar surface area (TPSA) is 86.2 Å². The van der Waals surface area contributed by atoms with E-state index in [2.05, 4.69) is 10.1 Å². The van der Waals surface area contributed by atoms with Gasteiger partial charge in [0.15, 0.2) is 10.8 Å². The smallest absolute Gasteiger partial charge is 0.258 e. The lowest BCUT2D eigenvalue weighted by atomic mass is 10.1. The number of aryl methyl sites for hydroxylation is 1. The van der Waals surface area contributed by atoms with E-state index in [0.29, 0.717) is 22.3 Å². The van der Waals surface area contributed by atoms with E-state index in [9.17, 15) is 10.1 Å². The highest BCUT2D eigenvalue weighted by Gasteiger charge is 2.16. The van der Waals surface area contributed by atoms with Crippen LogP contribution in [0.1, 0.15) is 17.0 Å². The molecule has 26 heavy (non-hydrogen) atoms. The number of nitro groups is 1. The zero-order valence-corrected chi connectivity index (χ0v) is 15.0. The van der Waals surface area contributed by atoms with Crippen LogP contribution in [0.5, 0.6) is 0 Å². The van der Waals surface area contributed by atoms with Gasteiger partial charge in [0.2, 0.25) is 0 Å². The van der Waals surface area contributed by atoms with Crippen LogP contribution in [0.25, 0.3) is 16.6 Å². The van der Waals surface area contributed by atoms with Gasteiger partial charge in [-0.25, -0.2) is 9.97 Å². The molecule has 130 valence electrons. The molecule has 7 nitrogen and oxygen atoms in total. The Balaban J connectivity index is 1.76. The van der Waals surface area contributed by atoms with Crippen LogP contribution in [0.4, 0.5) is 5.69 Å². The summed E-state index contributed by atoms with van der Waals surface area (Å²) in [5.41, 5.74) is 3.34. The maximum atomic E-state index is 11.1. The number of thioether (sulfide) groups is 1. The molecule has 8 heteroatoms. The van der Waals surface area contributed by atoms with Crippen molar-refractivity contribution in [2.75, 3.05) is 0 Å². The van der Waals surface area contributed by atoms with Crippen molar-refractivity contribution in [1.82, 2.24) is 19.6 Å². The van der Waals surface area contributed by atoms with Gasteiger partial charge in [0, 0.05) is 22.8 Å². The first-order chi connectivity index (χ1) is 12.5. The van der Waals surface area contributed by atoms with Crippen molar-refractivity contribution >= 4 is 34.0 Å². The highest BCUT2D eigenvalue weighted by atomic mass is 32.2. The Morgan fingerprint density at radius 2 is 1.92 bits per heavy atom. The summed E-state index contributed by atoms with van der Waals surface area (Å²) >= 11 is 1.49. The summed E-state index contributed by atoms with van der Waals surface area (Å²) in [7, 11) is 0. The predicted octanol–water partition coefficient (Wildman–Crippen LogP) is 4.09. The normalized spacial score (nSPS) is 11.3. The molecule has 0 aliphatic carbocycles. The second kappa shape index (κ2) is 6.38. The molecule has 2 heterocycles. The molecular weight excluding hydrogens is 350 g/mol. The van der Waals surface area contributed by atoms with E-state index in [1.807, 2.05) is 37.3 Å². The third-order valence-corrected chi connectivity index (χ3v) is 5.20. The van der Waals surface area contributed by atoms with E-state index < -0.39 is 0 Å². The summed E-state index contributed by atoms with van der Waals surface area (Å²) in [4.78, 5) is 20.0. The number of benzene rings is 2. The molecule has 2 aromatic carbocycles.